The van der Waals surface area contributed by atoms with E-state index in [1.165, 1.54) is 6.92 Å². The van der Waals surface area contributed by atoms with Crippen LogP contribution in [0.25, 0.3) is 11.0 Å². The topological polar surface area (TPSA) is 127 Å². The highest BCUT2D eigenvalue weighted by atomic mass is 16.5. The summed E-state index contributed by atoms with van der Waals surface area (Å²) < 4.78 is 10.8. The Morgan fingerprint density at radius 1 is 1.10 bits per heavy atom. The third kappa shape index (κ3) is 7.78. The van der Waals surface area contributed by atoms with Crippen LogP contribution in [0.4, 0.5) is 11.8 Å². The number of fused-ring (bicyclic) bond motifs is 1. The molecule has 0 fully saturated rings. The van der Waals surface area contributed by atoms with E-state index in [0.717, 1.165) is 24.8 Å². The number of rotatable bonds is 14. The zero-order valence-electron chi connectivity index (χ0n) is 24.0. The molecule has 0 radical (unpaired) electrons. The lowest BCUT2D eigenvalue weighted by Gasteiger charge is -2.32. The van der Waals surface area contributed by atoms with Gasteiger partial charge < -0.3 is 25.4 Å². The van der Waals surface area contributed by atoms with Crippen LogP contribution in [0.15, 0.2) is 30.5 Å². The highest BCUT2D eigenvalue weighted by Crippen LogP contribution is 2.28. The summed E-state index contributed by atoms with van der Waals surface area (Å²) in [6.45, 7) is 10.2. The van der Waals surface area contributed by atoms with Crippen LogP contribution >= 0.6 is 0 Å². The van der Waals surface area contributed by atoms with Gasteiger partial charge in [0, 0.05) is 49.3 Å². The molecule has 0 bridgehead atoms. The fraction of sp³-hybridized carbons (Fsp3) is 0.483. The van der Waals surface area contributed by atoms with E-state index < -0.39 is 5.54 Å². The van der Waals surface area contributed by atoms with Crippen molar-refractivity contribution in [3.63, 3.8) is 0 Å². The molecular weight excluding hydrogens is 496 g/mol. The van der Waals surface area contributed by atoms with E-state index in [9.17, 15) is 9.59 Å². The van der Waals surface area contributed by atoms with E-state index in [1.807, 2.05) is 32.0 Å². The van der Waals surface area contributed by atoms with Crippen LogP contribution in [-0.2, 0) is 11.3 Å². The molecule has 0 saturated heterocycles. The monoisotopic (exact) mass is 536 g/mol. The standard InChI is InChI=1S/C29H40N6O4/c1-8-9-12-29(5,17-32-19(4)36)35-27-25-23(13-21(16-30-25)26(37)18(2)3)33-28(34-27)31-15-20-10-11-22(38-6)14-24(20)39-7/h10-11,13-14,16,18H,8-9,12,15,17H2,1-7H3,(H,32,36)(H2,31,33,34,35)/t29-/m1/s1. The zero-order chi connectivity index (χ0) is 28.6. The van der Waals surface area contributed by atoms with Gasteiger partial charge in [0.25, 0.3) is 0 Å². The summed E-state index contributed by atoms with van der Waals surface area (Å²) in [4.78, 5) is 38.5. The first-order valence-corrected chi connectivity index (χ1v) is 13.3. The van der Waals surface area contributed by atoms with Crippen molar-refractivity contribution in [2.24, 2.45) is 5.92 Å². The van der Waals surface area contributed by atoms with Gasteiger partial charge in [0.05, 0.1) is 25.3 Å². The van der Waals surface area contributed by atoms with Gasteiger partial charge in [-0.05, 0) is 31.5 Å². The van der Waals surface area contributed by atoms with Gasteiger partial charge in [-0.2, -0.15) is 4.98 Å². The maximum atomic E-state index is 12.7. The van der Waals surface area contributed by atoms with E-state index >= 15 is 0 Å². The molecule has 0 aliphatic heterocycles. The Labute approximate surface area is 230 Å². The first kappa shape index (κ1) is 29.6. The van der Waals surface area contributed by atoms with Gasteiger partial charge in [0.1, 0.15) is 17.0 Å². The number of carbonyl (C=O) groups is 2. The summed E-state index contributed by atoms with van der Waals surface area (Å²) in [5.74, 6) is 2.00. The molecule has 39 heavy (non-hydrogen) atoms. The minimum Gasteiger partial charge on any atom is -0.497 e. The molecule has 3 aromatic rings. The van der Waals surface area contributed by atoms with Crippen LogP contribution in [0.3, 0.4) is 0 Å². The van der Waals surface area contributed by atoms with Crippen molar-refractivity contribution in [1.29, 1.82) is 0 Å². The Balaban J connectivity index is 2.03. The molecule has 10 nitrogen and oxygen atoms in total. The molecule has 1 amide bonds. The van der Waals surface area contributed by atoms with E-state index in [2.05, 4.69) is 34.8 Å². The van der Waals surface area contributed by atoms with Crippen molar-refractivity contribution >= 4 is 34.5 Å². The highest BCUT2D eigenvalue weighted by Gasteiger charge is 2.26. The smallest absolute Gasteiger partial charge is 0.225 e. The van der Waals surface area contributed by atoms with Gasteiger partial charge in [0.15, 0.2) is 11.6 Å². The average molecular weight is 537 g/mol. The summed E-state index contributed by atoms with van der Waals surface area (Å²) in [7, 11) is 3.22. The molecule has 0 aliphatic rings. The largest absolute Gasteiger partial charge is 0.497 e. The number of hydrogen-bond donors (Lipinski definition) is 3. The molecule has 3 rings (SSSR count). The molecule has 1 atom stereocenters. The molecule has 2 heterocycles. The normalized spacial score (nSPS) is 12.6. The molecule has 2 aromatic heterocycles. The maximum Gasteiger partial charge on any atom is 0.225 e. The lowest BCUT2D eigenvalue weighted by molar-refractivity contribution is -0.119. The molecule has 1 aromatic carbocycles. The Hall–Kier alpha value is -3.95. The van der Waals surface area contributed by atoms with E-state index in [-0.39, 0.29) is 17.6 Å². The Morgan fingerprint density at radius 2 is 1.87 bits per heavy atom. The van der Waals surface area contributed by atoms with Gasteiger partial charge in [-0.15, -0.1) is 0 Å². The predicted molar refractivity (Wildman–Crippen MR) is 154 cm³/mol. The maximum absolute atomic E-state index is 12.7. The third-order valence-corrected chi connectivity index (χ3v) is 6.51. The van der Waals surface area contributed by atoms with Crippen molar-refractivity contribution in [3.05, 3.63) is 41.6 Å². The Morgan fingerprint density at radius 3 is 2.51 bits per heavy atom. The van der Waals surface area contributed by atoms with E-state index in [1.54, 1.807) is 26.5 Å². The third-order valence-electron chi connectivity index (χ3n) is 6.51. The number of Topliss-reactive ketones (excluding diaryl/α,β-unsaturated/α-hetero) is 1. The number of ketones is 1. The molecule has 0 unspecified atom stereocenters. The number of pyridine rings is 1. The van der Waals surface area contributed by atoms with Crippen LogP contribution in [0.1, 0.15) is 69.8 Å². The van der Waals surface area contributed by atoms with E-state index in [4.69, 9.17) is 19.4 Å². The van der Waals surface area contributed by atoms with E-state index in [0.29, 0.717) is 53.0 Å². The summed E-state index contributed by atoms with van der Waals surface area (Å²) in [5, 5.41) is 9.77. The van der Waals surface area contributed by atoms with Crippen LogP contribution in [0.2, 0.25) is 0 Å². The van der Waals surface area contributed by atoms with Crippen molar-refractivity contribution in [2.75, 3.05) is 31.4 Å². The number of unbranched alkanes of at least 4 members (excludes halogenated alkanes) is 1. The van der Waals surface area contributed by atoms with Gasteiger partial charge in [-0.3, -0.25) is 9.59 Å². The number of carbonyl (C=O) groups excluding carboxylic acids is 2. The van der Waals surface area contributed by atoms with Crippen LogP contribution in [0.5, 0.6) is 11.5 Å². The number of nitrogens with zero attached hydrogens (tertiary/aromatic N) is 3. The van der Waals surface area contributed by atoms with Crippen LogP contribution in [-0.4, -0.2) is 52.9 Å². The van der Waals surface area contributed by atoms with Gasteiger partial charge in [-0.25, -0.2) is 9.97 Å². The second-order valence-electron chi connectivity index (χ2n) is 10.2. The second-order valence-corrected chi connectivity index (χ2v) is 10.2. The number of amides is 1. The predicted octanol–water partition coefficient (Wildman–Crippen LogP) is 4.99. The first-order chi connectivity index (χ1) is 18.6. The zero-order valence-corrected chi connectivity index (χ0v) is 24.0. The van der Waals surface area contributed by atoms with Gasteiger partial charge in [-0.1, -0.05) is 33.6 Å². The van der Waals surface area contributed by atoms with Crippen LogP contribution < -0.4 is 25.4 Å². The molecule has 210 valence electrons. The molecule has 3 N–H and O–H groups in total. The lowest BCUT2D eigenvalue weighted by Crippen LogP contribution is -2.46. The number of ether oxygens (including phenoxy) is 2. The number of aromatic nitrogens is 3. The fourth-order valence-corrected chi connectivity index (χ4v) is 4.19. The van der Waals surface area contributed by atoms with Crippen molar-refractivity contribution < 1.29 is 19.1 Å². The molecule has 10 heteroatoms. The number of anilines is 2. The number of benzene rings is 1. The highest BCUT2D eigenvalue weighted by molar-refractivity contribution is 6.00. The number of methoxy groups -OCH3 is 2. The first-order valence-electron chi connectivity index (χ1n) is 13.3. The molecule has 0 aliphatic carbocycles. The average Bonchev–Trinajstić information content (AvgIpc) is 2.93. The number of nitrogens with one attached hydrogen (secondary N) is 3. The Kier molecular flexibility index (Phi) is 10.0. The molecular formula is C29H40N6O4. The minimum atomic E-state index is -0.479. The SMILES string of the molecule is CCCC[C@](C)(CNC(C)=O)Nc1nc(NCc2ccc(OC)cc2OC)nc2cc(C(=O)C(C)C)cnc12. The van der Waals surface area contributed by atoms with Gasteiger partial charge in [0.2, 0.25) is 11.9 Å². The van der Waals surface area contributed by atoms with Crippen molar-refractivity contribution in [3.8, 4) is 11.5 Å². The van der Waals surface area contributed by atoms with Crippen molar-refractivity contribution in [1.82, 2.24) is 20.3 Å². The molecule has 0 spiro atoms. The van der Waals surface area contributed by atoms with Crippen LogP contribution in [0, 0.1) is 5.92 Å². The Bertz CT molecular complexity index is 1310. The fourth-order valence-electron chi connectivity index (χ4n) is 4.19. The summed E-state index contributed by atoms with van der Waals surface area (Å²) >= 11 is 0. The minimum absolute atomic E-state index is 0.00607. The van der Waals surface area contributed by atoms with Crippen molar-refractivity contribution in [2.45, 2.75) is 66.0 Å². The second kappa shape index (κ2) is 13.2. The summed E-state index contributed by atoms with van der Waals surface area (Å²) in [6, 6.07) is 7.36. The summed E-state index contributed by atoms with van der Waals surface area (Å²) in [6.07, 6.45) is 4.36. The lowest BCUT2D eigenvalue weighted by atomic mass is 9.94. The van der Waals surface area contributed by atoms with Gasteiger partial charge >= 0.3 is 0 Å². The number of hydrogen-bond acceptors (Lipinski definition) is 9. The molecule has 0 saturated carbocycles. The summed E-state index contributed by atoms with van der Waals surface area (Å²) in [5.41, 5.74) is 2.01. The quantitative estimate of drug-likeness (QED) is 0.244.